The maximum atomic E-state index is 10.6. The third kappa shape index (κ3) is 1.55. The van der Waals surface area contributed by atoms with Crippen molar-refractivity contribution < 1.29 is 4.79 Å². The van der Waals surface area contributed by atoms with Crippen LogP contribution in [0, 0.1) is 6.92 Å². The normalized spacial score (nSPS) is 11.7. The number of nitrogens with one attached hydrogen (secondary N) is 1. The zero-order valence-electron chi connectivity index (χ0n) is 7.93. The molecule has 0 aliphatic rings. The van der Waals surface area contributed by atoms with Crippen LogP contribution in [0.2, 0.25) is 0 Å². The lowest BCUT2D eigenvalue weighted by Gasteiger charge is -2.16. The number of rotatable bonds is 1. The topological polar surface area (TPSA) is 45.8 Å². The van der Waals surface area contributed by atoms with Gasteiger partial charge in [0.25, 0.3) is 0 Å². The molecule has 0 saturated heterocycles. The van der Waals surface area contributed by atoms with Crippen molar-refractivity contribution in [3.05, 3.63) is 17.2 Å². The molecule has 0 aliphatic heterocycles. The van der Waals surface area contributed by atoms with Crippen LogP contribution in [-0.4, -0.2) is 16.3 Å². The number of aryl methyl sites for hydroxylation is 1. The Balaban J connectivity index is 3.22. The zero-order valence-corrected chi connectivity index (χ0v) is 7.93. The molecule has 66 valence electrons. The summed E-state index contributed by atoms with van der Waals surface area (Å²) >= 11 is 0. The molecule has 0 radical (unpaired) electrons. The van der Waals surface area contributed by atoms with Crippen molar-refractivity contribution in [3.8, 4) is 0 Å². The summed E-state index contributed by atoms with van der Waals surface area (Å²) in [6, 6.07) is 0. The highest BCUT2D eigenvalue weighted by Gasteiger charge is 2.20. The molecule has 0 atom stereocenters. The Labute approximate surface area is 72.2 Å². The van der Waals surface area contributed by atoms with E-state index in [9.17, 15) is 4.79 Å². The summed E-state index contributed by atoms with van der Waals surface area (Å²) in [4.78, 5) is 17.8. The van der Waals surface area contributed by atoms with Crippen LogP contribution in [0.15, 0.2) is 0 Å². The SMILES string of the molecule is Cc1nc(C=O)c(C(C)(C)C)[nH]1. The largest absolute Gasteiger partial charge is 0.345 e. The van der Waals surface area contributed by atoms with Crippen LogP contribution in [0.3, 0.4) is 0 Å². The molecule has 1 N–H and O–H groups in total. The van der Waals surface area contributed by atoms with E-state index in [1.54, 1.807) is 0 Å². The molecule has 3 nitrogen and oxygen atoms in total. The highest BCUT2D eigenvalue weighted by atomic mass is 16.1. The Morgan fingerprint density at radius 1 is 1.42 bits per heavy atom. The van der Waals surface area contributed by atoms with Gasteiger partial charge < -0.3 is 4.98 Å². The number of carbonyl (C=O) groups excluding carboxylic acids is 1. The molecule has 0 saturated carbocycles. The summed E-state index contributed by atoms with van der Waals surface area (Å²) in [5.74, 6) is 0.794. The molecule has 12 heavy (non-hydrogen) atoms. The molecule has 0 spiro atoms. The number of carbonyl (C=O) groups is 1. The van der Waals surface area contributed by atoms with Gasteiger partial charge in [-0.2, -0.15) is 0 Å². The van der Waals surface area contributed by atoms with Crippen LogP contribution in [0.4, 0.5) is 0 Å². The summed E-state index contributed by atoms with van der Waals surface area (Å²) < 4.78 is 0. The molecule has 0 aliphatic carbocycles. The molecule has 1 aromatic rings. The van der Waals surface area contributed by atoms with Gasteiger partial charge in [0.1, 0.15) is 11.5 Å². The summed E-state index contributed by atoms with van der Waals surface area (Å²) in [5.41, 5.74) is 1.40. The number of aldehydes is 1. The van der Waals surface area contributed by atoms with Crippen molar-refractivity contribution in [1.29, 1.82) is 0 Å². The van der Waals surface area contributed by atoms with Crippen molar-refractivity contribution in [3.63, 3.8) is 0 Å². The average Bonchev–Trinajstić information content (AvgIpc) is 2.29. The van der Waals surface area contributed by atoms with Gasteiger partial charge in [-0.3, -0.25) is 4.79 Å². The minimum absolute atomic E-state index is 0.0441. The van der Waals surface area contributed by atoms with Crippen molar-refractivity contribution >= 4 is 6.29 Å². The van der Waals surface area contributed by atoms with Crippen LogP contribution in [0.5, 0.6) is 0 Å². The van der Waals surface area contributed by atoms with Gasteiger partial charge in [-0.1, -0.05) is 20.8 Å². The minimum Gasteiger partial charge on any atom is -0.345 e. The Morgan fingerprint density at radius 3 is 2.33 bits per heavy atom. The number of aromatic amines is 1. The molecule has 1 aromatic heterocycles. The molecule has 0 aromatic carbocycles. The van der Waals surface area contributed by atoms with E-state index >= 15 is 0 Å². The lowest BCUT2D eigenvalue weighted by Crippen LogP contribution is -2.14. The van der Waals surface area contributed by atoms with Gasteiger partial charge in [0.15, 0.2) is 6.29 Å². The third-order valence-electron chi connectivity index (χ3n) is 1.71. The van der Waals surface area contributed by atoms with E-state index < -0.39 is 0 Å². The summed E-state index contributed by atoms with van der Waals surface area (Å²) in [6.45, 7) is 8.00. The minimum atomic E-state index is -0.0441. The van der Waals surface area contributed by atoms with E-state index in [1.807, 2.05) is 27.7 Å². The molecule has 0 fully saturated rings. The Morgan fingerprint density at radius 2 is 2.00 bits per heavy atom. The predicted octanol–water partition coefficient (Wildman–Crippen LogP) is 1.83. The van der Waals surface area contributed by atoms with E-state index in [1.165, 1.54) is 0 Å². The summed E-state index contributed by atoms with van der Waals surface area (Å²) in [5, 5.41) is 0. The second-order valence-corrected chi connectivity index (χ2v) is 3.95. The van der Waals surface area contributed by atoms with Gasteiger partial charge in [0, 0.05) is 5.41 Å². The molecule has 3 heteroatoms. The first kappa shape index (κ1) is 8.97. The first-order valence-electron chi connectivity index (χ1n) is 3.97. The standard InChI is InChI=1S/C9H14N2O/c1-6-10-7(5-12)8(11-6)9(2,3)4/h5H,1-4H3,(H,10,11). The van der Waals surface area contributed by atoms with Crippen LogP contribution in [0.25, 0.3) is 0 Å². The molecule has 0 unspecified atom stereocenters. The Kier molecular flexibility index (Phi) is 2.04. The number of imidazole rings is 1. The van der Waals surface area contributed by atoms with Crippen molar-refractivity contribution in [1.82, 2.24) is 9.97 Å². The second kappa shape index (κ2) is 2.73. The summed E-state index contributed by atoms with van der Waals surface area (Å²) in [6.07, 6.45) is 0.796. The fourth-order valence-electron chi connectivity index (χ4n) is 1.17. The number of H-pyrrole nitrogens is 1. The third-order valence-corrected chi connectivity index (χ3v) is 1.71. The van der Waals surface area contributed by atoms with E-state index in [2.05, 4.69) is 9.97 Å². The Bertz CT molecular complexity index is 294. The number of nitrogens with zero attached hydrogens (tertiary/aromatic N) is 1. The number of hydrogen-bond donors (Lipinski definition) is 1. The monoisotopic (exact) mass is 166 g/mol. The smallest absolute Gasteiger partial charge is 0.170 e. The quantitative estimate of drug-likeness (QED) is 0.647. The lowest BCUT2D eigenvalue weighted by molar-refractivity contribution is 0.111. The predicted molar refractivity (Wildman–Crippen MR) is 47.4 cm³/mol. The highest BCUT2D eigenvalue weighted by Crippen LogP contribution is 2.22. The summed E-state index contributed by atoms with van der Waals surface area (Å²) in [7, 11) is 0. The number of hydrogen-bond acceptors (Lipinski definition) is 2. The van der Waals surface area contributed by atoms with E-state index in [4.69, 9.17) is 0 Å². The molecular weight excluding hydrogens is 152 g/mol. The zero-order chi connectivity index (χ0) is 9.35. The molecule has 0 amide bonds. The van der Waals surface area contributed by atoms with Gasteiger partial charge in [0.2, 0.25) is 0 Å². The molecule has 1 heterocycles. The number of aromatic nitrogens is 2. The van der Waals surface area contributed by atoms with Crippen LogP contribution in [-0.2, 0) is 5.41 Å². The van der Waals surface area contributed by atoms with Crippen molar-refractivity contribution in [2.45, 2.75) is 33.1 Å². The van der Waals surface area contributed by atoms with Crippen LogP contribution >= 0.6 is 0 Å². The lowest BCUT2D eigenvalue weighted by atomic mass is 9.91. The van der Waals surface area contributed by atoms with E-state index in [-0.39, 0.29) is 5.41 Å². The first-order chi connectivity index (χ1) is 5.45. The van der Waals surface area contributed by atoms with E-state index in [0.29, 0.717) is 5.69 Å². The van der Waals surface area contributed by atoms with E-state index in [0.717, 1.165) is 17.8 Å². The molecule has 1 rings (SSSR count). The highest BCUT2D eigenvalue weighted by molar-refractivity contribution is 5.74. The Hall–Kier alpha value is -1.12. The molecule has 0 bridgehead atoms. The van der Waals surface area contributed by atoms with Crippen LogP contribution < -0.4 is 0 Å². The maximum Gasteiger partial charge on any atom is 0.170 e. The first-order valence-corrected chi connectivity index (χ1v) is 3.97. The van der Waals surface area contributed by atoms with Gasteiger partial charge >= 0.3 is 0 Å². The van der Waals surface area contributed by atoms with Crippen LogP contribution in [0.1, 0.15) is 42.8 Å². The maximum absolute atomic E-state index is 10.6. The fourth-order valence-corrected chi connectivity index (χ4v) is 1.17. The second-order valence-electron chi connectivity index (χ2n) is 3.95. The fraction of sp³-hybridized carbons (Fsp3) is 0.556. The van der Waals surface area contributed by atoms with Gasteiger partial charge in [-0.15, -0.1) is 0 Å². The van der Waals surface area contributed by atoms with Gasteiger partial charge in [-0.05, 0) is 6.92 Å². The van der Waals surface area contributed by atoms with Crippen molar-refractivity contribution in [2.75, 3.05) is 0 Å². The average molecular weight is 166 g/mol. The molecular formula is C9H14N2O. The van der Waals surface area contributed by atoms with Gasteiger partial charge in [-0.25, -0.2) is 4.98 Å². The van der Waals surface area contributed by atoms with Gasteiger partial charge in [0.05, 0.1) is 5.69 Å². The van der Waals surface area contributed by atoms with Crippen molar-refractivity contribution in [2.24, 2.45) is 0 Å².